The number of hydrogen-bond donors (Lipinski definition) is 0. The fourth-order valence-electron chi connectivity index (χ4n) is 3.36. The molecule has 1 unspecified atom stereocenters. The van der Waals surface area contributed by atoms with Gasteiger partial charge >= 0.3 is 0 Å². The van der Waals surface area contributed by atoms with Gasteiger partial charge in [-0.05, 0) is 36.6 Å². The number of aromatic nitrogens is 2. The molecule has 1 atom stereocenters. The van der Waals surface area contributed by atoms with Crippen LogP contribution in [0.25, 0.3) is 28.0 Å². The normalized spacial score (nSPS) is 12.0. The van der Waals surface area contributed by atoms with E-state index in [0.717, 1.165) is 28.2 Å². The molecular weight excluding hydrogens is 318 g/mol. The third kappa shape index (κ3) is 2.66. The Morgan fingerprint density at radius 2 is 1.54 bits per heavy atom. The molecule has 0 amide bonds. The van der Waals surface area contributed by atoms with Gasteiger partial charge < -0.3 is 4.40 Å². The van der Waals surface area contributed by atoms with Crippen LogP contribution in [0.15, 0.2) is 72.9 Å². The maximum absolute atomic E-state index is 9.51. The van der Waals surface area contributed by atoms with Crippen molar-refractivity contribution in [1.82, 2.24) is 9.38 Å². The Balaban J connectivity index is 1.86. The molecule has 0 saturated heterocycles. The lowest BCUT2D eigenvalue weighted by Crippen LogP contribution is -1.98. The second-order valence-electron chi connectivity index (χ2n) is 6.52. The van der Waals surface area contributed by atoms with Gasteiger partial charge in [-0.15, -0.1) is 0 Å². The zero-order chi connectivity index (χ0) is 18.1. The molecule has 4 aromatic rings. The van der Waals surface area contributed by atoms with Crippen molar-refractivity contribution in [2.24, 2.45) is 0 Å². The van der Waals surface area contributed by atoms with Crippen molar-refractivity contribution in [1.29, 1.82) is 5.26 Å². The molecule has 3 nitrogen and oxygen atoms in total. The second-order valence-corrected chi connectivity index (χ2v) is 6.52. The molecule has 2 aromatic carbocycles. The highest BCUT2D eigenvalue weighted by Gasteiger charge is 2.20. The first-order valence-electron chi connectivity index (χ1n) is 8.72. The lowest BCUT2D eigenvalue weighted by molar-refractivity contribution is 0.898. The highest BCUT2D eigenvalue weighted by molar-refractivity contribution is 5.73. The fourth-order valence-corrected chi connectivity index (χ4v) is 3.36. The first-order valence-corrected chi connectivity index (χ1v) is 8.72. The smallest absolute Gasteiger partial charge is 0.140 e. The first kappa shape index (κ1) is 16.1. The van der Waals surface area contributed by atoms with Crippen LogP contribution in [-0.2, 0) is 0 Å². The molecule has 0 fully saturated rings. The minimum Gasteiger partial charge on any atom is -0.302 e. The number of nitrogens with zero attached hydrogens (tertiary/aromatic N) is 3. The first-order chi connectivity index (χ1) is 12.7. The summed E-state index contributed by atoms with van der Waals surface area (Å²) in [5.74, 6) is -0.240. The van der Waals surface area contributed by atoms with Gasteiger partial charge in [-0.3, -0.25) is 0 Å². The number of imidazole rings is 1. The van der Waals surface area contributed by atoms with E-state index < -0.39 is 0 Å². The summed E-state index contributed by atoms with van der Waals surface area (Å²) in [6.07, 6.45) is 1.99. The molecule has 126 valence electrons. The van der Waals surface area contributed by atoms with Gasteiger partial charge in [0, 0.05) is 11.8 Å². The number of benzene rings is 2. The maximum atomic E-state index is 9.51. The standard InChI is InChI=1S/C23H19N3/c1-16-7-6-14-26-22(17(2)15-24)21(25-23(16)26)20-12-10-19(11-13-20)18-8-4-3-5-9-18/h3-14,17H,1-2H3. The summed E-state index contributed by atoms with van der Waals surface area (Å²) < 4.78 is 2.05. The number of hydrogen-bond acceptors (Lipinski definition) is 2. The average Bonchev–Trinajstić information content (AvgIpc) is 3.09. The topological polar surface area (TPSA) is 41.1 Å². The third-order valence-electron chi connectivity index (χ3n) is 4.75. The number of aryl methyl sites for hydroxylation is 1. The predicted molar refractivity (Wildman–Crippen MR) is 105 cm³/mol. The summed E-state index contributed by atoms with van der Waals surface area (Å²) in [6.45, 7) is 3.97. The molecule has 3 heteroatoms. The van der Waals surface area contributed by atoms with Crippen LogP contribution in [0.1, 0.15) is 24.1 Å². The van der Waals surface area contributed by atoms with E-state index in [2.05, 4.69) is 42.5 Å². The Morgan fingerprint density at radius 3 is 2.23 bits per heavy atom. The number of pyridine rings is 1. The van der Waals surface area contributed by atoms with Crippen molar-refractivity contribution in [3.8, 4) is 28.5 Å². The van der Waals surface area contributed by atoms with Gasteiger partial charge in [-0.1, -0.05) is 60.7 Å². The molecule has 2 aromatic heterocycles. The molecule has 0 radical (unpaired) electrons. The molecule has 2 heterocycles. The molecule has 26 heavy (non-hydrogen) atoms. The summed E-state index contributed by atoms with van der Waals surface area (Å²) in [5.41, 5.74) is 7.23. The lowest BCUT2D eigenvalue weighted by atomic mass is 9.99. The molecule has 0 aliphatic rings. The van der Waals surface area contributed by atoms with Crippen LogP contribution in [0.5, 0.6) is 0 Å². The van der Waals surface area contributed by atoms with Crippen LogP contribution < -0.4 is 0 Å². The monoisotopic (exact) mass is 337 g/mol. The summed E-state index contributed by atoms with van der Waals surface area (Å²) in [5, 5.41) is 9.51. The van der Waals surface area contributed by atoms with Crippen molar-refractivity contribution in [3.05, 3.63) is 84.2 Å². The summed E-state index contributed by atoms with van der Waals surface area (Å²) >= 11 is 0. The van der Waals surface area contributed by atoms with Crippen molar-refractivity contribution in [2.75, 3.05) is 0 Å². The van der Waals surface area contributed by atoms with E-state index in [-0.39, 0.29) is 5.92 Å². The van der Waals surface area contributed by atoms with Gasteiger partial charge in [0.1, 0.15) is 5.65 Å². The predicted octanol–water partition coefficient (Wildman–Crippen LogP) is 5.60. The Kier molecular flexibility index (Phi) is 4.02. The van der Waals surface area contributed by atoms with E-state index in [0.29, 0.717) is 0 Å². The largest absolute Gasteiger partial charge is 0.302 e. The van der Waals surface area contributed by atoms with E-state index in [9.17, 15) is 5.26 Å². The van der Waals surface area contributed by atoms with Crippen LogP contribution in [-0.4, -0.2) is 9.38 Å². The van der Waals surface area contributed by atoms with Gasteiger partial charge in [0.15, 0.2) is 0 Å². The molecule has 0 aliphatic heterocycles. The Hall–Kier alpha value is -3.38. The number of rotatable bonds is 3. The Labute approximate surface area is 153 Å². The van der Waals surface area contributed by atoms with E-state index in [4.69, 9.17) is 4.98 Å². The number of fused-ring (bicyclic) bond motifs is 1. The number of nitriles is 1. The maximum Gasteiger partial charge on any atom is 0.140 e. The molecular formula is C23H19N3. The molecule has 0 spiro atoms. The van der Waals surface area contributed by atoms with Crippen molar-refractivity contribution in [2.45, 2.75) is 19.8 Å². The molecule has 0 N–H and O–H groups in total. The van der Waals surface area contributed by atoms with Crippen LogP contribution >= 0.6 is 0 Å². The SMILES string of the molecule is Cc1cccn2c(C(C)C#N)c(-c3ccc(-c4ccccc4)cc3)nc12. The highest BCUT2D eigenvalue weighted by Crippen LogP contribution is 2.32. The Bertz CT molecular complexity index is 1100. The van der Waals surface area contributed by atoms with Crippen molar-refractivity contribution >= 4 is 5.65 Å². The second kappa shape index (κ2) is 6.50. The zero-order valence-corrected chi connectivity index (χ0v) is 14.8. The summed E-state index contributed by atoms with van der Waals surface area (Å²) in [7, 11) is 0. The molecule has 0 bridgehead atoms. The summed E-state index contributed by atoms with van der Waals surface area (Å²) in [4.78, 5) is 4.87. The lowest BCUT2D eigenvalue weighted by Gasteiger charge is -2.08. The fraction of sp³-hybridized carbons (Fsp3) is 0.130. The zero-order valence-electron chi connectivity index (χ0n) is 14.8. The van der Waals surface area contributed by atoms with Crippen LogP contribution in [0.3, 0.4) is 0 Å². The van der Waals surface area contributed by atoms with E-state index in [1.807, 2.05) is 54.8 Å². The van der Waals surface area contributed by atoms with Gasteiger partial charge in [0.05, 0.1) is 23.4 Å². The molecule has 4 rings (SSSR count). The Morgan fingerprint density at radius 1 is 0.885 bits per heavy atom. The van der Waals surface area contributed by atoms with Crippen LogP contribution in [0.2, 0.25) is 0 Å². The van der Waals surface area contributed by atoms with E-state index in [1.54, 1.807) is 0 Å². The van der Waals surface area contributed by atoms with Gasteiger partial charge in [-0.25, -0.2) is 4.98 Å². The quantitative estimate of drug-likeness (QED) is 0.488. The average molecular weight is 337 g/mol. The highest BCUT2D eigenvalue weighted by atomic mass is 15.0. The van der Waals surface area contributed by atoms with Crippen molar-refractivity contribution in [3.63, 3.8) is 0 Å². The van der Waals surface area contributed by atoms with Gasteiger partial charge in [0.25, 0.3) is 0 Å². The van der Waals surface area contributed by atoms with E-state index in [1.165, 1.54) is 11.1 Å². The third-order valence-corrected chi connectivity index (χ3v) is 4.75. The van der Waals surface area contributed by atoms with Crippen molar-refractivity contribution < 1.29 is 0 Å². The molecule has 0 aliphatic carbocycles. The minimum atomic E-state index is -0.240. The molecule has 0 saturated carbocycles. The summed E-state index contributed by atoms with van der Waals surface area (Å²) in [6, 6.07) is 25.1. The van der Waals surface area contributed by atoms with Gasteiger partial charge in [-0.2, -0.15) is 5.26 Å². The van der Waals surface area contributed by atoms with Gasteiger partial charge in [0.2, 0.25) is 0 Å². The van der Waals surface area contributed by atoms with E-state index >= 15 is 0 Å². The van der Waals surface area contributed by atoms with Crippen LogP contribution in [0.4, 0.5) is 0 Å². The van der Waals surface area contributed by atoms with Crippen LogP contribution in [0, 0.1) is 18.3 Å². The minimum absolute atomic E-state index is 0.240.